The van der Waals surface area contributed by atoms with Crippen molar-refractivity contribution in [2.24, 2.45) is 0 Å². The van der Waals surface area contributed by atoms with Crippen LogP contribution in [0, 0.1) is 0 Å². The van der Waals surface area contributed by atoms with Crippen LogP contribution in [-0.4, -0.2) is 30.1 Å². The van der Waals surface area contributed by atoms with Gasteiger partial charge in [0.15, 0.2) is 0 Å². The van der Waals surface area contributed by atoms with Crippen molar-refractivity contribution in [3.05, 3.63) is 123 Å². The molecule has 0 saturated heterocycles. The first kappa shape index (κ1) is 26.6. The monoisotopic (exact) mass is 567 g/mol. The molecule has 0 atom stereocenters. The Balaban J connectivity index is 1.47. The van der Waals surface area contributed by atoms with Crippen LogP contribution < -0.4 is 15.0 Å². The maximum absolute atomic E-state index is 13.6. The van der Waals surface area contributed by atoms with Crippen molar-refractivity contribution in [2.75, 3.05) is 6.26 Å². The number of carbonyl (C=O) groups excluding carboxylic acids is 1. The average molecular weight is 568 g/mol. The maximum Gasteiger partial charge on any atom is 0.282 e. The summed E-state index contributed by atoms with van der Waals surface area (Å²) in [4.78, 5) is 29.3. The van der Waals surface area contributed by atoms with E-state index in [1.165, 1.54) is 17.3 Å². The lowest BCUT2D eigenvalue weighted by molar-refractivity contribution is 0.0974. The molecule has 5 aromatic rings. The molecular weight excluding hydrogens is 538 g/mol. The van der Waals surface area contributed by atoms with E-state index in [9.17, 15) is 18.0 Å². The first-order valence-corrected chi connectivity index (χ1v) is 15.3. The summed E-state index contributed by atoms with van der Waals surface area (Å²) in [5, 5.41) is 0.740. The molecule has 0 saturated carbocycles. The van der Waals surface area contributed by atoms with Crippen molar-refractivity contribution >= 4 is 26.8 Å². The minimum atomic E-state index is -3.87. The standard InChI is InChI=1S/C32H29N3O5S/c1-41(38,39)34-32(37)30-29(26-11-6-16-33-31(26)36)27-17-23-9-5-10-24(23)18-28(27)35(30)19-21-12-14-25(15-13-21)40-20-22-7-3-2-4-8-22/h2-4,6-8,11-18H,5,9-10,19-20H2,1H3,(H,33,36)(H,34,37). The summed E-state index contributed by atoms with van der Waals surface area (Å²) in [5.74, 6) is -0.0794. The van der Waals surface area contributed by atoms with Crippen LogP contribution in [0.25, 0.3) is 22.0 Å². The second-order valence-electron chi connectivity index (χ2n) is 10.3. The number of aromatic amines is 1. The summed E-state index contributed by atoms with van der Waals surface area (Å²) in [6, 6.07) is 25.0. The lowest BCUT2D eigenvalue weighted by Gasteiger charge is -2.13. The number of H-pyrrole nitrogens is 1. The van der Waals surface area contributed by atoms with Gasteiger partial charge >= 0.3 is 0 Å². The quantitative estimate of drug-likeness (QED) is 0.280. The van der Waals surface area contributed by atoms with Crippen molar-refractivity contribution < 1.29 is 17.9 Å². The lowest BCUT2D eigenvalue weighted by Crippen LogP contribution is -2.31. The molecule has 0 aliphatic heterocycles. The number of ether oxygens (including phenoxy) is 1. The summed E-state index contributed by atoms with van der Waals surface area (Å²) in [7, 11) is -3.87. The molecule has 2 aromatic heterocycles. The molecule has 3 aromatic carbocycles. The largest absolute Gasteiger partial charge is 0.489 e. The van der Waals surface area contributed by atoms with Gasteiger partial charge in [-0.2, -0.15) is 0 Å². The molecule has 1 aliphatic carbocycles. The van der Waals surface area contributed by atoms with Gasteiger partial charge in [0.1, 0.15) is 18.1 Å². The summed E-state index contributed by atoms with van der Waals surface area (Å²) in [5.41, 5.74) is 5.58. The van der Waals surface area contributed by atoms with E-state index in [1.54, 1.807) is 12.1 Å². The predicted octanol–water partition coefficient (Wildman–Crippen LogP) is 4.80. The van der Waals surface area contributed by atoms with E-state index >= 15 is 0 Å². The van der Waals surface area contributed by atoms with Gasteiger partial charge in [0.2, 0.25) is 10.0 Å². The second kappa shape index (κ2) is 10.7. The summed E-state index contributed by atoms with van der Waals surface area (Å²) in [6.45, 7) is 0.726. The number of rotatable bonds is 8. The van der Waals surface area contributed by atoms with Crippen LogP contribution in [0.4, 0.5) is 0 Å². The van der Waals surface area contributed by atoms with Crippen LogP contribution in [0.3, 0.4) is 0 Å². The van der Waals surface area contributed by atoms with Crippen LogP contribution in [0.1, 0.15) is 39.2 Å². The number of pyridine rings is 1. The zero-order valence-electron chi connectivity index (χ0n) is 22.5. The summed E-state index contributed by atoms with van der Waals surface area (Å²) >= 11 is 0. The van der Waals surface area contributed by atoms with Crippen LogP contribution in [0.2, 0.25) is 0 Å². The van der Waals surface area contributed by atoms with Gasteiger partial charge in [-0.1, -0.05) is 42.5 Å². The number of fused-ring (bicyclic) bond motifs is 2. The molecule has 1 amide bonds. The molecule has 0 radical (unpaired) electrons. The summed E-state index contributed by atoms with van der Waals surface area (Å²) in [6.07, 6.45) is 5.34. The predicted molar refractivity (Wildman–Crippen MR) is 159 cm³/mol. The van der Waals surface area contributed by atoms with Gasteiger partial charge in [-0.3, -0.25) is 9.59 Å². The first-order chi connectivity index (χ1) is 19.8. The van der Waals surface area contributed by atoms with Crippen molar-refractivity contribution in [3.8, 4) is 16.9 Å². The molecule has 0 fully saturated rings. The van der Waals surface area contributed by atoms with E-state index in [-0.39, 0.29) is 17.8 Å². The van der Waals surface area contributed by atoms with Gasteiger partial charge in [0.25, 0.3) is 11.5 Å². The SMILES string of the molecule is CS(=O)(=O)NC(=O)c1c(-c2ccc[nH]c2=O)c2cc3c(cc2n1Cc1ccc(OCc2ccccc2)cc1)CCC3. The molecular formula is C32H29N3O5S. The van der Waals surface area contributed by atoms with E-state index in [2.05, 4.69) is 15.8 Å². The normalized spacial score (nSPS) is 12.8. The molecule has 41 heavy (non-hydrogen) atoms. The third kappa shape index (κ3) is 5.53. The number of benzene rings is 3. The molecule has 1 aliphatic rings. The number of amides is 1. The van der Waals surface area contributed by atoms with Gasteiger partial charge in [-0.05, 0) is 77.9 Å². The van der Waals surface area contributed by atoms with E-state index in [0.29, 0.717) is 23.5 Å². The maximum atomic E-state index is 13.6. The van der Waals surface area contributed by atoms with Crippen LogP contribution in [0.5, 0.6) is 5.75 Å². The molecule has 208 valence electrons. The number of nitrogens with zero attached hydrogens (tertiary/aromatic N) is 1. The molecule has 0 unspecified atom stereocenters. The third-order valence-electron chi connectivity index (χ3n) is 7.37. The van der Waals surface area contributed by atoms with Crippen LogP contribution >= 0.6 is 0 Å². The molecule has 6 rings (SSSR count). The fourth-order valence-corrected chi connectivity index (χ4v) is 5.97. The molecule has 0 spiro atoms. The Kier molecular flexibility index (Phi) is 6.96. The number of aromatic nitrogens is 2. The average Bonchev–Trinajstić information content (AvgIpc) is 3.53. The van der Waals surface area contributed by atoms with Crippen molar-refractivity contribution in [1.82, 2.24) is 14.3 Å². The summed E-state index contributed by atoms with van der Waals surface area (Å²) < 4.78 is 34.2. The van der Waals surface area contributed by atoms with Gasteiger partial charge in [0, 0.05) is 34.8 Å². The molecule has 8 nitrogen and oxygen atoms in total. The zero-order valence-corrected chi connectivity index (χ0v) is 23.3. The highest BCUT2D eigenvalue weighted by molar-refractivity contribution is 7.89. The second-order valence-corrected chi connectivity index (χ2v) is 12.1. The van der Waals surface area contributed by atoms with Crippen molar-refractivity contribution in [3.63, 3.8) is 0 Å². The van der Waals surface area contributed by atoms with E-state index < -0.39 is 15.9 Å². The molecule has 9 heteroatoms. The molecule has 2 N–H and O–H groups in total. The third-order valence-corrected chi connectivity index (χ3v) is 7.93. The molecule has 0 bridgehead atoms. The molecule has 2 heterocycles. The Bertz CT molecular complexity index is 1920. The zero-order chi connectivity index (χ0) is 28.6. The van der Waals surface area contributed by atoms with E-state index in [4.69, 9.17) is 4.74 Å². The first-order valence-electron chi connectivity index (χ1n) is 13.4. The fourth-order valence-electron chi connectivity index (χ4n) is 5.54. The Labute approximate surface area is 237 Å². The van der Waals surface area contributed by atoms with Crippen LogP contribution in [0.15, 0.2) is 89.9 Å². The van der Waals surface area contributed by atoms with Gasteiger partial charge in [-0.15, -0.1) is 0 Å². The number of carbonyl (C=O) groups is 1. The van der Waals surface area contributed by atoms with Crippen LogP contribution in [-0.2, 0) is 36.0 Å². The Morgan fingerprint density at radius 1 is 0.951 bits per heavy atom. The minimum absolute atomic E-state index is 0.121. The van der Waals surface area contributed by atoms with Gasteiger partial charge in [-0.25, -0.2) is 13.1 Å². The highest BCUT2D eigenvalue weighted by Crippen LogP contribution is 2.38. The topological polar surface area (TPSA) is 110 Å². The Hall–Kier alpha value is -4.63. The van der Waals surface area contributed by atoms with Gasteiger partial charge < -0.3 is 14.3 Å². The highest BCUT2D eigenvalue weighted by atomic mass is 32.2. The van der Waals surface area contributed by atoms with E-state index in [0.717, 1.165) is 47.5 Å². The Morgan fingerprint density at radius 3 is 2.39 bits per heavy atom. The number of nitrogens with one attached hydrogen (secondary N) is 2. The number of hydrogen-bond donors (Lipinski definition) is 2. The van der Waals surface area contributed by atoms with Crippen molar-refractivity contribution in [1.29, 1.82) is 0 Å². The highest BCUT2D eigenvalue weighted by Gasteiger charge is 2.28. The number of aryl methyl sites for hydroxylation is 2. The van der Waals surface area contributed by atoms with E-state index in [1.807, 2.05) is 65.2 Å². The lowest BCUT2D eigenvalue weighted by atomic mass is 10.00. The number of hydrogen-bond acceptors (Lipinski definition) is 5. The Morgan fingerprint density at radius 2 is 1.68 bits per heavy atom. The number of sulfonamides is 1. The van der Waals surface area contributed by atoms with Crippen molar-refractivity contribution in [2.45, 2.75) is 32.4 Å². The minimum Gasteiger partial charge on any atom is -0.489 e. The smallest absolute Gasteiger partial charge is 0.282 e. The fraction of sp³-hybridized carbons (Fsp3) is 0.188. The van der Waals surface area contributed by atoms with Gasteiger partial charge in [0.05, 0.1) is 6.26 Å².